The summed E-state index contributed by atoms with van der Waals surface area (Å²) in [5.74, 6) is -0.678. The Kier molecular flexibility index (Phi) is 6.17. The van der Waals surface area contributed by atoms with Crippen molar-refractivity contribution < 1.29 is 18.7 Å². The predicted molar refractivity (Wildman–Crippen MR) is 99.7 cm³/mol. The van der Waals surface area contributed by atoms with E-state index in [9.17, 15) is 14.4 Å². The second-order valence-electron chi connectivity index (χ2n) is 7.41. The average Bonchev–Trinajstić information content (AvgIpc) is 2.54. The number of nitriles is 1. The van der Waals surface area contributed by atoms with Crippen LogP contribution >= 0.6 is 0 Å². The first-order chi connectivity index (χ1) is 12.6. The van der Waals surface area contributed by atoms with Crippen molar-refractivity contribution in [2.45, 2.75) is 52.7 Å². The zero-order chi connectivity index (χ0) is 20.2. The van der Waals surface area contributed by atoms with E-state index in [0.29, 0.717) is 28.0 Å². The molecular formula is C21H23FN2O3. The van der Waals surface area contributed by atoms with Crippen LogP contribution in [0.4, 0.5) is 4.39 Å². The first-order valence-electron chi connectivity index (χ1n) is 8.66. The summed E-state index contributed by atoms with van der Waals surface area (Å²) in [5, 5.41) is 9.36. The van der Waals surface area contributed by atoms with Crippen molar-refractivity contribution in [2.75, 3.05) is 0 Å². The second kappa shape index (κ2) is 8.17. The SMILES string of the molecule is CC(C)Oc1cc(C#N)cc(-c2ccnc(F)c2)c1CC(=O)OC(C)(C)C. The van der Waals surface area contributed by atoms with Crippen LogP contribution in [0.1, 0.15) is 45.7 Å². The maximum absolute atomic E-state index is 13.7. The van der Waals surface area contributed by atoms with E-state index in [-0.39, 0.29) is 12.5 Å². The molecule has 6 heteroatoms. The average molecular weight is 370 g/mol. The van der Waals surface area contributed by atoms with Crippen LogP contribution in [0, 0.1) is 17.3 Å². The third kappa shape index (κ3) is 5.78. The van der Waals surface area contributed by atoms with E-state index < -0.39 is 17.5 Å². The highest BCUT2D eigenvalue weighted by atomic mass is 19.1. The summed E-state index contributed by atoms with van der Waals surface area (Å²) in [6.07, 6.45) is 1.10. The fraction of sp³-hybridized carbons (Fsp3) is 0.381. The fourth-order valence-electron chi connectivity index (χ4n) is 2.60. The number of aromatic nitrogens is 1. The van der Waals surface area contributed by atoms with E-state index in [4.69, 9.17) is 9.47 Å². The Balaban J connectivity index is 2.61. The van der Waals surface area contributed by atoms with Crippen LogP contribution in [0.5, 0.6) is 5.75 Å². The maximum atomic E-state index is 13.7. The highest BCUT2D eigenvalue weighted by molar-refractivity contribution is 5.81. The minimum Gasteiger partial charge on any atom is -0.491 e. The lowest BCUT2D eigenvalue weighted by Crippen LogP contribution is -2.25. The molecule has 0 N–H and O–H groups in total. The van der Waals surface area contributed by atoms with E-state index in [1.165, 1.54) is 12.3 Å². The Morgan fingerprint density at radius 1 is 1.30 bits per heavy atom. The van der Waals surface area contributed by atoms with E-state index in [0.717, 1.165) is 0 Å². The third-order valence-electron chi connectivity index (χ3n) is 3.48. The van der Waals surface area contributed by atoms with Crippen molar-refractivity contribution in [1.82, 2.24) is 4.98 Å². The van der Waals surface area contributed by atoms with Gasteiger partial charge in [0.1, 0.15) is 11.4 Å². The smallest absolute Gasteiger partial charge is 0.310 e. The normalized spacial score (nSPS) is 11.2. The molecule has 27 heavy (non-hydrogen) atoms. The molecule has 1 aromatic heterocycles. The summed E-state index contributed by atoms with van der Waals surface area (Å²) in [4.78, 5) is 16.0. The van der Waals surface area contributed by atoms with Crippen LogP contribution in [0.2, 0.25) is 0 Å². The zero-order valence-corrected chi connectivity index (χ0v) is 16.2. The van der Waals surface area contributed by atoms with Gasteiger partial charge in [0.2, 0.25) is 5.95 Å². The summed E-state index contributed by atoms with van der Waals surface area (Å²) in [6, 6.07) is 8.16. The first-order valence-corrected chi connectivity index (χ1v) is 8.66. The molecule has 0 radical (unpaired) electrons. The van der Waals surface area contributed by atoms with Crippen LogP contribution in [-0.4, -0.2) is 22.7 Å². The molecule has 0 fully saturated rings. The number of benzene rings is 1. The molecule has 0 aliphatic rings. The van der Waals surface area contributed by atoms with Gasteiger partial charge in [-0.1, -0.05) is 0 Å². The molecule has 1 heterocycles. The predicted octanol–water partition coefficient (Wildman–Crippen LogP) is 4.43. The van der Waals surface area contributed by atoms with E-state index in [1.807, 2.05) is 13.8 Å². The lowest BCUT2D eigenvalue weighted by Gasteiger charge is -2.22. The van der Waals surface area contributed by atoms with Crippen molar-refractivity contribution in [1.29, 1.82) is 5.26 Å². The summed E-state index contributed by atoms with van der Waals surface area (Å²) < 4.78 is 24.9. The van der Waals surface area contributed by atoms with Gasteiger partial charge in [0.05, 0.1) is 24.2 Å². The van der Waals surface area contributed by atoms with Crippen molar-refractivity contribution in [2.24, 2.45) is 0 Å². The number of halogens is 1. The minimum atomic E-state index is -0.649. The number of ether oxygens (including phenoxy) is 2. The standard InChI is InChI=1S/C21H23FN2O3/c1-13(2)26-18-9-14(12-23)8-16(15-6-7-24-19(22)10-15)17(18)11-20(25)27-21(3,4)5/h6-10,13H,11H2,1-5H3. The highest BCUT2D eigenvalue weighted by Gasteiger charge is 2.22. The molecule has 0 amide bonds. The number of hydrogen-bond acceptors (Lipinski definition) is 5. The number of esters is 1. The van der Waals surface area contributed by atoms with Crippen LogP contribution in [-0.2, 0) is 16.0 Å². The number of hydrogen-bond donors (Lipinski definition) is 0. The number of carbonyl (C=O) groups excluding carboxylic acids is 1. The molecule has 0 bridgehead atoms. The Bertz CT molecular complexity index is 880. The number of rotatable bonds is 5. The number of pyridine rings is 1. The summed E-state index contributed by atoms with van der Waals surface area (Å²) >= 11 is 0. The Morgan fingerprint density at radius 2 is 2.00 bits per heavy atom. The van der Waals surface area contributed by atoms with Crippen molar-refractivity contribution in [3.8, 4) is 22.9 Å². The molecule has 0 saturated heterocycles. The van der Waals surface area contributed by atoms with E-state index >= 15 is 0 Å². The molecule has 5 nitrogen and oxygen atoms in total. The molecule has 0 aliphatic heterocycles. The summed E-state index contributed by atoms with van der Waals surface area (Å²) in [7, 11) is 0. The largest absolute Gasteiger partial charge is 0.491 e. The van der Waals surface area contributed by atoms with Crippen LogP contribution in [0.15, 0.2) is 30.5 Å². The lowest BCUT2D eigenvalue weighted by atomic mass is 9.95. The van der Waals surface area contributed by atoms with Crippen molar-refractivity contribution in [3.63, 3.8) is 0 Å². The molecule has 0 spiro atoms. The number of carbonyl (C=O) groups is 1. The van der Waals surface area contributed by atoms with Gasteiger partial charge in [-0.2, -0.15) is 9.65 Å². The molecule has 0 saturated carbocycles. The van der Waals surface area contributed by atoms with Crippen LogP contribution < -0.4 is 4.74 Å². The molecule has 2 rings (SSSR count). The Morgan fingerprint density at radius 3 is 2.56 bits per heavy atom. The van der Waals surface area contributed by atoms with Gasteiger partial charge < -0.3 is 9.47 Å². The van der Waals surface area contributed by atoms with Crippen molar-refractivity contribution >= 4 is 5.97 Å². The molecule has 0 unspecified atom stereocenters. The van der Waals surface area contributed by atoms with Gasteiger partial charge in [-0.15, -0.1) is 0 Å². The van der Waals surface area contributed by atoms with Gasteiger partial charge in [0.15, 0.2) is 0 Å². The van der Waals surface area contributed by atoms with E-state index in [1.54, 1.807) is 39.0 Å². The lowest BCUT2D eigenvalue weighted by molar-refractivity contribution is -0.153. The van der Waals surface area contributed by atoms with Gasteiger partial charge in [0, 0.05) is 17.8 Å². The monoisotopic (exact) mass is 370 g/mol. The second-order valence-corrected chi connectivity index (χ2v) is 7.41. The van der Waals surface area contributed by atoms with Gasteiger partial charge in [-0.05, 0) is 63.9 Å². The topological polar surface area (TPSA) is 72.2 Å². The molecule has 142 valence electrons. The Labute approximate surface area is 158 Å². The van der Waals surface area contributed by atoms with Gasteiger partial charge in [-0.3, -0.25) is 4.79 Å². The van der Waals surface area contributed by atoms with Gasteiger partial charge in [-0.25, -0.2) is 4.98 Å². The molecular weight excluding hydrogens is 347 g/mol. The van der Waals surface area contributed by atoms with Crippen molar-refractivity contribution in [3.05, 3.63) is 47.5 Å². The molecule has 1 aromatic carbocycles. The van der Waals surface area contributed by atoms with Crippen LogP contribution in [0.3, 0.4) is 0 Å². The third-order valence-corrected chi connectivity index (χ3v) is 3.48. The molecule has 0 aliphatic carbocycles. The van der Waals surface area contributed by atoms with E-state index in [2.05, 4.69) is 11.1 Å². The van der Waals surface area contributed by atoms with Gasteiger partial charge >= 0.3 is 5.97 Å². The van der Waals surface area contributed by atoms with Crippen LogP contribution in [0.25, 0.3) is 11.1 Å². The fourth-order valence-corrected chi connectivity index (χ4v) is 2.60. The Hall–Kier alpha value is -2.94. The highest BCUT2D eigenvalue weighted by Crippen LogP contribution is 2.34. The first kappa shape index (κ1) is 20.4. The quantitative estimate of drug-likeness (QED) is 0.575. The summed E-state index contributed by atoms with van der Waals surface area (Å²) in [6.45, 7) is 9.06. The maximum Gasteiger partial charge on any atom is 0.310 e. The zero-order valence-electron chi connectivity index (χ0n) is 16.2. The molecule has 0 atom stereocenters. The minimum absolute atomic E-state index is 0.0652. The number of nitrogens with zero attached hydrogens (tertiary/aromatic N) is 2. The molecule has 2 aromatic rings. The van der Waals surface area contributed by atoms with Gasteiger partial charge in [0.25, 0.3) is 0 Å². The summed E-state index contributed by atoms with van der Waals surface area (Å²) in [5.41, 5.74) is 1.31.